The van der Waals surface area contributed by atoms with Crippen molar-refractivity contribution in [2.45, 2.75) is 45.9 Å². The quantitative estimate of drug-likeness (QED) is 0.639. The van der Waals surface area contributed by atoms with Gasteiger partial charge in [-0.25, -0.2) is 4.39 Å². The summed E-state index contributed by atoms with van der Waals surface area (Å²) in [7, 11) is 0. The van der Waals surface area contributed by atoms with Crippen molar-refractivity contribution in [3.05, 3.63) is 83.5 Å². The van der Waals surface area contributed by atoms with Crippen LogP contribution in [0, 0.1) is 5.82 Å². The van der Waals surface area contributed by atoms with E-state index in [2.05, 4.69) is 31.0 Å². The first-order chi connectivity index (χ1) is 13.3. The molecule has 6 heteroatoms. The Morgan fingerprint density at radius 3 is 2.43 bits per heavy atom. The molecule has 28 heavy (non-hydrogen) atoms. The molecule has 0 bridgehead atoms. The van der Waals surface area contributed by atoms with Crippen LogP contribution in [-0.2, 0) is 19.6 Å². The molecule has 0 aliphatic heterocycles. The van der Waals surface area contributed by atoms with Crippen LogP contribution in [0.4, 0.5) is 4.39 Å². The summed E-state index contributed by atoms with van der Waals surface area (Å²) < 4.78 is 24.1. The Labute approximate surface area is 164 Å². The minimum atomic E-state index is -0.288. The number of hydrogen-bond donors (Lipinski definition) is 1. The number of carbonyl (C=O) groups is 1. The van der Waals surface area contributed by atoms with Crippen molar-refractivity contribution in [2.75, 3.05) is 0 Å². The number of carbonyl (C=O) groups excluding carboxylic acids is 1. The molecule has 0 aliphatic rings. The van der Waals surface area contributed by atoms with E-state index in [0.717, 1.165) is 5.56 Å². The molecule has 5 nitrogen and oxygen atoms in total. The lowest BCUT2D eigenvalue weighted by Crippen LogP contribution is -2.40. The van der Waals surface area contributed by atoms with Crippen molar-refractivity contribution < 1.29 is 18.0 Å². The van der Waals surface area contributed by atoms with Crippen molar-refractivity contribution in [1.82, 2.24) is 10.2 Å². The normalized spacial score (nSPS) is 11.8. The van der Waals surface area contributed by atoms with E-state index in [9.17, 15) is 9.18 Å². The lowest BCUT2D eigenvalue weighted by molar-refractivity contribution is 0.0901. The number of amides is 1. The second-order valence-corrected chi connectivity index (χ2v) is 7.68. The summed E-state index contributed by atoms with van der Waals surface area (Å²) in [6.07, 6.45) is 1.56. The highest BCUT2D eigenvalue weighted by atomic mass is 19.1. The fourth-order valence-electron chi connectivity index (χ4n) is 2.78. The van der Waals surface area contributed by atoms with Gasteiger partial charge in [-0.2, -0.15) is 0 Å². The highest BCUT2D eigenvalue weighted by Crippen LogP contribution is 2.22. The van der Waals surface area contributed by atoms with E-state index >= 15 is 0 Å². The number of halogens is 1. The standard InChI is InChI=1S/C22H25FN2O3/c1-22(2,3)25(14-16-6-8-17(23)9-7-16)15-19-10-11-20(28-19)21(26)24-13-18-5-4-12-27-18/h4-12H,13-15H2,1-3H3,(H,24,26). The van der Waals surface area contributed by atoms with Gasteiger partial charge in [0, 0.05) is 12.1 Å². The van der Waals surface area contributed by atoms with E-state index in [1.54, 1.807) is 36.6 Å². The first-order valence-electron chi connectivity index (χ1n) is 9.20. The summed E-state index contributed by atoms with van der Waals surface area (Å²) in [5, 5.41) is 2.77. The van der Waals surface area contributed by atoms with Crippen molar-refractivity contribution >= 4 is 5.91 Å². The van der Waals surface area contributed by atoms with Crippen molar-refractivity contribution in [2.24, 2.45) is 0 Å². The van der Waals surface area contributed by atoms with Gasteiger partial charge in [0.05, 0.1) is 19.4 Å². The van der Waals surface area contributed by atoms with Gasteiger partial charge in [0.1, 0.15) is 17.3 Å². The molecule has 0 unspecified atom stereocenters. The summed E-state index contributed by atoms with van der Waals surface area (Å²) in [6, 6.07) is 13.5. The fraction of sp³-hybridized carbons (Fsp3) is 0.318. The second-order valence-electron chi connectivity index (χ2n) is 7.68. The molecule has 3 rings (SSSR count). The Bertz CT molecular complexity index is 893. The van der Waals surface area contributed by atoms with E-state index in [1.165, 1.54) is 12.1 Å². The zero-order chi connectivity index (χ0) is 20.1. The maximum Gasteiger partial charge on any atom is 0.287 e. The van der Waals surface area contributed by atoms with Gasteiger partial charge in [-0.3, -0.25) is 9.69 Å². The highest BCUT2D eigenvalue weighted by Gasteiger charge is 2.23. The van der Waals surface area contributed by atoms with E-state index in [4.69, 9.17) is 8.83 Å². The number of furan rings is 2. The Hall–Kier alpha value is -2.86. The molecule has 3 aromatic rings. The molecule has 0 saturated heterocycles. The van der Waals surface area contributed by atoms with Gasteiger partial charge in [-0.05, 0) is 62.7 Å². The van der Waals surface area contributed by atoms with Crippen molar-refractivity contribution in [3.63, 3.8) is 0 Å². The smallest absolute Gasteiger partial charge is 0.287 e. The van der Waals surface area contributed by atoms with Crippen molar-refractivity contribution in [3.8, 4) is 0 Å². The molecule has 148 valence electrons. The van der Waals surface area contributed by atoms with E-state index in [0.29, 0.717) is 31.2 Å². The Balaban J connectivity index is 1.64. The van der Waals surface area contributed by atoms with Crippen LogP contribution >= 0.6 is 0 Å². The Morgan fingerprint density at radius 1 is 1.04 bits per heavy atom. The minimum Gasteiger partial charge on any atom is -0.467 e. The predicted molar refractivity (Wildman–Crippen MR) is 104 cm³/mol. The van der Waals surface area contributed by atoms with Gasteiger partial charge in [0.15, 0.2) is 5.76 Å². The van der Waals surface area contributed by atoms with Gasteiger partial charge in [0.25, 0.3) is 5.91 Å². The van der Waals surface area contributed by atoms with Gasteiger partial charge >= 0.3 is 0 Å². The monoisotopic (exact) mass is 384 g/mol. The molecule has 2 aromatic heterocycles. The molecular formula is C22H25FN2O3. The zero-order valence-corrected chi connectivity index (χ0v) is 16.4. The van der Waals surface area contributed by atoms with Crippen LogP contribution in [0.25, 0.3) is 0 Å². The molecular weight excluding hydrogens is 359 g/mol. The Kier molecular flexibility index (Phi) is 5.99. The lowest BCUT2D eigenvalue weighted by Gasteiger charge is -2.35. The molecule has 1 aromatic carbocycles. The van der Waals surface area contributed by atoms with E-state index in [1.807, 2.05) is 6.07 Å². The first kappa shape index (κ1) is 19.9. The maximum absolute atomic E-state index is 13.2. The van der Waals surface area contributed by atoms with Gasteiger partial charge in [0.2, 0.25) is 0 Å². The van der Waals surface area contributed by atoms with Gasteiger partial charge in [-0.15, -0.1) is 0 Å². The largest absolute Gasteiger partial charge is 0.467 e. The van der Waals surface area contributed by atoms with Crippen molar-refractivity contribution in [1.29, 1.82) is 0 Å². The third-order valence-electron chi connectivity index (χ3n) is 4.47. The average Bonchev–Trinajstić information content (AvgIpc) is 3.32. The number of nitrogens with one attached hydrogen (secondary N) is 1. The number of benzene rings is 1. The highest BCUT2D eigenvalue weighted by molar-refractivity contribution is 5.91. The van der Waals surface area contributed by atoms with E-state index in [-0.39, 0.29) is 23.0 Å². The third-order valence-corrected chi connectivity index (χ3v) is 4.47. The van der Waals surface area contributed by atoms with Crippen LogP contribution in [0.1, 0.15) is 48.4 Å². The summed E-state index contributed by atoms with van der Waals surface area (Å²) in [6.45, 7) is 7.81. The minimum absolute atomic E-state index is 0.136. The molecule has 1 amide bonds. The van der Waals surface area contributed by atoms with Gasteiger partial charge < -0.3 is 14.2 Å². The average molecular weight is 384 g/mol. The molecule has 0 atom stereocenters. The first-order valence-corrected chi connectivity index (χ1v) is 9.20. The van der Waals surface area contributed by atoms with Crippen LogP contribution in [0.5, 0.6) is 0 Å². The molecule has 0 saturated carbocycles. The SMILES string of the molecule is CC(C)(C)N(Cc1ccc(F)cc1)Cc1ccc(C(=O)NCc2ccco2)o1. The topological polar surface area (TPSA) is 58.6 Å². The summed E-state index contributed by atoms with van der Waals surface area (Å²) >= 11 is 0. The van der Waals surface area contributed by atoms with Crippen LogP contribution in [0.2, 0.25) is 0 Å². The van der Waals surface area contributed by atoms with Crippen LogP contribution < -0.4 is 5.32 Å². The molecule has 2 heterocycles. The van der Waals surface area contributed by atoms with Crippen LogP contribution in [-0.4, -0.2) is 16.3 Å². The molecule has 0 spiro atoms. The maximum atomic E-state index is 13.2. The number of nitrogens with zero attached hydrogens (tertiary/aromatic N) is 1. The molecule has 1 N–H and O–H groups in total. The molecule has 0 fully saturated rings. The zero-order valence-electron chi connectivity index (χ0n) is 16.4. The van der Waals surface area contributed by atoms with E-state index < -0.39 is 0 Å². The summed E-state index contributed by atoms with van der Waals surface area (Å²) in [5.41, 5.74) is 0.877. The predicted octanol–water partition coefficient (Wildman–Crippen LogP) is 4.74. The van der Waals surface area contributed by atoms with Gasteiger partial charge in [-0.1, -0.05) is 12.1 Å². The summed E-state index contributed by atoms with van der Waals surface area (Å²) in [4.78, 5) is 14.5. The second kappa shape index (κ2) is 8.44. The lowest BCUT2D eigenvalue weighted by atomic mass is 10.0. The summed E-state index contributed by atoms with van der Waals surface area (Å²) in [5.74, 6) is 1.10. The third kappa shape index (κ3) is 5.33. The number of rotatable bonds is 7. The fourth-order valence-corrected chi connectivity index (χ4v) is 2.78. The molecule has 0 aliphatic carbocycles. The molecule has 0 radical (unpaired) electrons. The van der Waals surface area contributed by atoms with Crippen LogP contribution in [0.3, 0.4) is 0 Å². The Morgan fingerprint density at radius 2 is 1.79 bits per heavy atom. The number of hydrogen-bond acceptors (Lipinski definition) is 4. The van der Waals surface area contributed by atoms with Crippen LogP contribution in [0.15, 0.2) is 63.6 Å².